The maximum absolute atomic E-state index is 5.22. The number of anilines is 1. The molecular formula is C10H15NOS. The van der Waals surface area contributed by atoms with Gasteiger partial charge in [-0.2, -0.15) is 0 Å². The summed E-state index contributed by atoms with van der Waals surface area (Å²) in [7, 11) is 0. The molecular weight excluding hydrogens is 182 g/mol. The molecule has 0 spiro atoms. The predicted octanol–water partition coefficient (Wildman–Crippen LogP) is 3.06. The Kier molecular flexibility index (Phi) is 4.26. The Hall–Kier alpha value is -1.09. The van der Waals surface area contributed by atoms with E-state index in [0.29, 0.717) is 11.8 Å². The van der Waals surface area contributed by atoms with Crippen LogP contribution in [0.15, 0.2) is 30.3 Å². The van der Waals surface area contributed by atoms with Crippen molar-refractivity contribution in [1.82, 2.24) is 0 Å². The van der Waals surface area contributed by atoms with Crippen LogP contribution in [0.25, 0.3) is 0 Å². The Morgan fingerprint density at radius 3 is 2.77 bits per heavy atom. The highest BCUT2D eigenvalue weighted by Crippen LogP contribution is 2.05. The maximum Gasteiger partial charge on any atom is 0.261 e. The summed E-state index contributed by atoms with van der Waals surface area (Å²) >= 11 is 4.97. The number of thiocarbonyl (C=S) groups is 1. The molecule has 0 unspecified atom stereocenters. The summed E-state index contributed by atoms with van der Waals surface area (Å²) in [6.07, 6.45) is 0.969. The summed E-state index contributed by atoms with van der Waals surface area (Å²) < 4.78 is 5.22. The molecule has 1 aromatic rings. The van der Waals surface area contributed by atoms with Crippen molar-refractivity contribution in [3.8, 4) is 0 Å². The smallest absolute Gasteiger partial charge is 0.261 e. The van der Waals surface area contributed by atoms with E-state index in [4.69, 9.17) is 17.0 Å². The molecule has 0 atom stereocenters. The molecule has 0 fully saturated rings. The molecule has 0 bridgehead atoms. The highest BCUT2D eigenvalue weighted by atomic mass is 32.1. The van der Waals surface area contributed by atoms with Gasteiger partial charge in [0.2, 0.25) is 0 Å². The lowest BCUT2D eigenvalue weighted by molar-refractivity contribution is 0.312. The standard InChI is InChI=1S/C10H13NOS.H2/c1-2-8-12-10(13)11-9-6-4-3-5-7-9;/h3-7H,2,8H2,1H3,(H,11,13);1H. The van der Waals surface area contributed by atoms with E-state index < -0.39 is 0 Å². The molecule has 0 saturated heterocycles. The third-order valence-corrected chi connectivity index (χ3v) is 1.68. The van der Waals surface area contributed by atoms with Crippen LogP contribution in [0.5, 0.6) is 0 Å². The van der Waals surface area contributed by atoms with Crippen LogP contribution in [0.2, 0.25) is 0 Å². The van der Waals surface area contributed by atoms with E-state index in [0.717, 1.165) is 12.1 Å². The molecule has 2 nitrogen and oxygen atoms in total. The van der Waals surface area contributed by atoms with Gasteiger partial charge >= 0.3 is 0 Å². The molecule has 1 rings (SSSR count). The average Bonchev–Trinajstić information content (AvgIpc) is 2.16. The number of rotatable bonds is 3. The number of benzene rings is 1. The van der Waals surface area contributed by atoms with Crippen molar-refractivity contribution in [3.63, 3.8) is 0 Å². The van der Waals surface area contributed by atoms with Crippen molar-refractivity contribution in [3.05, 3.63) is 30.3 Å². The van der Waals surface area contributed by atoms with Crippen molar-refractivity contribution < 1.29 is 6.16 Å². The van der Waals surface area contributed by atoms with Gasteiger partial charge in [0, 0.05) is 7.11 Å². The molecule has 0 aliphatic carbocycles. The SMILES string of the molecule is CCCOC(=S)Nc1ccccc1.[HH]. The van der Waals surface area contributed by atoms with Gasteiger partial charge in [0.05, 0.1) is 6.61 Å². The minimum absolute atomic E-state index is 0. The minimum atomic E-state index is 0. The highest BCUT2D eigenvalue weighted by molar-refractivity contribution is 7.80. The van der Waals surface area contributed by atoms with Gasteiger partial charge in [-0.05, 0) is 30.8 Å². The third kappa shape index (κ3) is 3.90. The van der Waals surface area contributed by atoms with Crippen LogP contribution in [0.1, 0.15) is 14.8 Å². The number of hydrogen-bond donors (Lipinski definition) is 1. The van der Waals surface area contributed by atoms with Gasteiger partial charge in [0.15, 0.2) is 0 Å². The Balaban J connectivity index is 0.00000169. The molecule has 0 amide bonds. The Morgan fingerprint density at radius 2 is 2.15 bits per heavy atom. The molecule has 0 radical (unpaired) electrons. The highest BCUT2D eigenvalue weighted by Gasteiger charge is 1.95. The van der Waals surface area contributed by atoms with Gasteiger partial charge < -0.3 is 10.1 Å². The van der Waals surface area contributed by atoms with Gasteiger partial charge in [0.25, 0.3) is 5.17 Å². The van der Waals surface area contributed by atoms with Crippen LogP contribution in [0, 0.1) is 0 Å². The summed E-state index contributed by atoms with van der Waals surface area (Å²) in [5.41, 5.74) is 0.962. The summed E-state index contributed by atoms with van der Waals surface area (Å²) in [6, 6.07) is 9.75. The Morgan fingerprint density at radius 1 is 1.46 bits per heavy atom. The second-order valence-electron chi connectivity index (χ2n) is 2.63. The first-order chi connectivity index (χ1) is 6.33. The second kappa shape index (κ2) is 5.54. The van der Waals surface area contributed by atoms with Crippen molar-refractivity contribution in [2.24, 2.45) is 0 Å². The number of ether oxygens (including phenoxy) is 1. The van der Waals surface area contributed by atoms with E-state index in [1.165, 1.54) is 0 Å². The fourth-order valence-electron chi connectivity index (χ4n) is 0.870. The van der Waals surface area contributed by atoms with Crippen LogP contribution in [0.4, 0.5) is 5.69 Å². The van der Waals surface area contributed by atoms with Crippen LogP contribution in [0.3, 0.4) is 0 Å². The lowest BCUT2D eigenvalue weighted by Gasteiger charge is -2.07. The van der Waals surface area contributed by atoms with E-state index in [1.54, 1.807) is 0 Å². The van der Waals surface area contributed by atoms with E-state index >= 15 is 0 Å². The van der Waals surface area contributed by atoms with E-state index in [9.17, 15) is 0 Å². The molecule has 0 aliphatic heterocycles. The van der Waals surface area contributed by atoms with E-state index in [-0.39, 0.29) is 1.43 Å². The lowest BCUT2D eigenvalue weighted by Crippen LogP contribution is -2.13. The summed E-state index contributed by atoms with van der Waals surface area (Å²) in [6.45, 7) is 2.71. The molecule has 1 N–H and O–H groups in total. The molecule has 1 aromatic carbocycles. The number of para-hydroxylation sites is 1. The summed E-state index contributed by atoms with van der Waals surface area (Å²) in [4.78, 5) is 0. The predicted molar refractivity (Wildman–Crippen MR) is 61.0 cm³/mol. The molecule has 0 aliphatic rings. The van der Waals surface area contributed by atoms with Crippen LogP contribution >= 0.6 is 12.2 Å². The molecule has 72 valence electrons. The topological polar surface area (TPSA) is 21.3 Å². The minimum Gasteiger partial charge on any atom is -0.471 e. The maximum atomic E-state index is 5.22. The third-order valence-electron chi connectivity index (χ3n) is 1.46. The zero-order chi connectivity index (χ0) is 9.52. The molecule has 13 heavy (non-hydrogen) atoms. The summed E-state index contributed by atoms with van der Waals surface area (Å²) in [5.74, 6) is 0. The Labute approximate surface area is 85.4 Å². The van der Waals surface area contributed by atoms with Gasteiger partial charge in [-0.25, -0.2) is 0 Å². The monoisotopic (exact) mass is 197 g/mol. The first-order valence-corrected chi connectivity index (χ1v) is 4.72. The lowest BCUT2D eigenvalue weighted by atomic mass is 10.3. The van der Waals surface area contributed by atoms with E-state index in [1.807, 2.05) is 37.3 Å². The van der Waals surface area contributed by atoms with Crippen molar-refractivity contribution >= 4 is 23.1 Å². The zero-order valence-electron chi connectivity index (χ0n) is 7.62. The van der Waals surface area contributed by atoms with Crippen LogP contribution < -0.4 is 5.32 Å². The molecule has 0 heterocycles. The van der Waals surface area contributed by atoms with Gasteiger partial charge in [-0.15, -0.1) is 0 Å². The van der Waals surface area contributed by atoms with Crippen molar-refractivity contribution in [1.29, 1.82) is 0 Å². The van der Waals surface area contributed by atoms with Crippen LogP contribution in [-0.4, -0.2) is 11.8 Å². The van der Waals surface area contributed by atoms with Gasteiger partial charge in [0.1, 0.15) is 0 Å². The van der Waals surface area contributed by atoms with E-state index in [2.05, 4.69) is 5.32 Å². The number of hydrogen-bond acceptors (Lipinski definition) is 2. The normalized spacial score (nSPS) is 9.31. The largest absolute Gasteiger partial charge is 0.471 e. The molecule has 3 heteroatoms. The first kappa shape index (κ1) is 9.99. The number of nitrogens with one attached hydrogen (secondary N) is 1. The van der Waals surface area contributed by atoms with Crippen molar-refractivity contribution in [2.75, 3.05) is 11.9 Å². The Bertz CT molecular complexity index is 266. The van der Waals surface area contributed by atoms with Gasteiger partial charge in [-0.1, -0.05) is 25.1 Å². The first-order valence-electron chi connectivity index (χ1n) is 4.31. The molecule has 0 saturated carbocycles. The summed E-state index contributed by atoms with van der Waals surface area (Å²) in [5, 5.41) is 3.42. The molecule has 0 aromatic heterocycles. The van der Waals surface area contributed by atoms with Crippen molar-refractivity contribution in [2.45, 2.75) is 13.3 Å². The quantitative estimate of drug-likeness (QED) is 0.752. The van der Waals surface area contributed by atoms with Crippen LogP contribution in [-0.2, 0) is 4.74 Å². The second-order valence-corrected chi connectivity index (χ2v) is 3.00. The fraction of sp³-hybridized carbons (Fsp3) is 0.300. The fourth-order valence-corrected chi connectivity index (χ4v) is 1.07. The zero-order valence-corrected chi connectivity index (χ0v) is 8.43. The average molecular weight is 197 g/mol. The van der Waals surface area contributed by atoms with Gasteiger partial charge in [-0.3, -0.25) is 0 Å².